The van der Waals surface area contributed by atoms with Crippen molar-refractivity contribution in [3.63, 3.8) is 0 Å². The van der Waals surface area contributed by atoms with Crippen LogP contribution in [0.5, 0.6) is 0 Å². The number of likely N-dealkylation sites (tertiary alicyclic amines) is 1. The Kier molecular flexibility index (Phi) is 8.25. The molecule has 9 heteroatoms. The van der Waals surface area contributed by atoms with Gasteiger partial charge in [0.05, 0.1) is 16.6 Å². The lowest BCUT2D eigenvalue weighted by atomic mass is 9.95. The first-order valence-electron chi connectivity index (χ1n) is 8.86. The fourth-order valence-electron chi connectivity index (χ4n) is 3.02. The number of primary amides is 1. The van der Waals surface area contributed by atoms with Crippen LogP contribution in [0.1, 0.15) is 26.2 Å². The molecule has 2 rings (SSSR count). The average molecular weight is 401 g/mol. The normalized spacial score (nSPS) is 17.9. The second kappa shape index (κ2) is 10.4. The quantitative estimate of drug-likeness (QED) is 0.370. The number of aliphatic imine (C=N–C) groups is 1. The Bertz CT molecular complexity index is 640. The van der Waals surface area contributed by atoms with Gasteiger partial charge in [0.1, 0.15) is 5.82 Å². The van der Waals surface area contributed by atoms with Gasteiger partial charge < -0.3 is 21.3 Å². The first kappa shape index (κ1) is 20.6. The SMILES string of the molecule is CCNC(=NCCNc1ncc(Cl)cc1Cl)N1CCCC(CC(N)=O)C1. The highest BCUT2D eigenvalue weighted by atomic mass is 35.5. The third-order valence-electron chi connectivity index (χ3n) is 4.12. The van der Waals surface area contributed by atoms with Gasteiger partial charge in [0.2, 0.25) is 5.91 Å². The van der Waals surface area contributed by atoms with Gasteiger partial charge in [-0.2, -0.15) is 0 Å². The number of amides is 1. The molecule has 0 radical (unpaired) electrons. The summed E-state index contributed by atoms with van der Waals surface area (Å²) in [5.74, 6) is 1.50. The molecule has 0 spiro atoms. The van der Waals surface area contributed by atoms with Crippen molar-refractivity contribution >= 4 is 40.9 Å². The van der Waals surface area contributed by atoms with E-state index in [1.54, 1.807) is 12.3 Å². The van der Waals surface area contributed by atoms with E-state index in [0.29, 0.717) is 41.3 Å². The maximum absolute atomic E-state index is 11.2. The summed E-state index contributed by atoms with van der Waals surface area (Å²) in [6.45, 7) is 5.72. The average Bonchev–Trinajstić information content (AvgIpc) is 2.59. The number of anilines is 1. The molecule has 4 N–H and O–H groups in total. The highest BCUT2D eigenvalue weighted by Crippen LogP contribution is 2.22. The van der Waals surface area contributed by atoms with Crippen molar-refractivity contribution in [2.75, 3.05) is 38.0 Å². The van der Waals surface area contributed by atoms with Crippen LogP contribution < -0.4 is 16.4 Å². The number of carbonyl (C=O) groups excluding carboxylic acids is 1. The Balaban J connectivity index is 1.90. The fraction of sp³-hybridized carbons (Fsp3) is 0.588. The Morgan fingerprint density at radius 2 is 2.31 bits per heavy atom. The van der Waals surface area contributed by atoms with Crippen LogP contribution in [0.4, 0.5) is 5.82 Å². The molecule has 1 saturated heterocycles. The van der Waals surface area contributed by atoms with Crippen molar-refractivity contribution in [2.24, 2.45) is 16.6 Å². The second-order valence-corrected chi connectivity index (χ2v) is 7.11. The van der Waals surface area contributed by atoms with Gasteiger partial charge in [-0.1, -0.05) is 23.2 Å². The maximum atomic E-state index is 11.2. The topological polar surface area (TPSA) is 95.6 Å². The van der Waals surface area contributed by atoms with Gasteiger partial charge in [-0.15, -0.1) is 0 Å². The molecule has 1 amide bonds. The molecule has 0 aromatic carbocycles. The molecule has 0 saturated carbocycles. The zero-order valence-corrected chi connectivity index (χ0v) is 16.5. The van der Waals surface area contributed by atoms with E-state index < -0.39 is 0 Å². The van der Waals surface area contributed by atoms with Crippen LogP contribution in [0.15, 0.2) is 17.3 Å². The molecule has 1 aliphatic heterocycles. The van der Waals surface area contributed by atoms with Crippen LogP contribution in [0.3, 0.4) is 0 Å². The van der Waals surface area contributed by atoms with Gasteiger partial charge in [-0.05, 0) is 31.7 Å². The van der Waals surface area contributed by atoms with Crippen LogP contribution in [-0.4, -0.2) is 54.5 Å². The molecule has 0 bridgehead atoms. The molecule has 1 unspecified atom stereocenters. The monoisotopic (exact) mass is 400 g/mol. The lowest BCUT2D eigenvalue weighted by Crippen LogP contribution is -2.47. The summed E-state index contributed by atoms with van der Waals surface area (Å²) in [6.07, 6.45) is 4.04. The van der Waals surface area contributed by atoms with Gasteiger partial charge in [-0.25, -0.2) is 4.98 Å². The number of pyridine rings is 1. The van der Waals surface area contributed by atoms with Gasteiger partial charge in [-0.3, -0.25) is 9.79 Å². The molecule has 144 valence electrons. The smallest absolute Gasteiger partial charge is 0.217 e. The molecule has 0 aliphatic carbocycles. The number of nitrogens with zero attached hydrogens (tertiary/aromatic N) is 3. The van der Waals surface area contributed by atoms with Gasteiger partial charge in [0, 0.05) is 38.8 Å². The highest BCUT2D eigenvalue weighted by Gasteiger charge is 2.23. The summed E-state index contributed by atoms with van der Waals surface area (Å²) in [6, 6.07) is 1.65. The van der Waals surface area contributed by atoms with Crippen molar-refractivity contribution in [3.8, 4) is 0 Å². The number of hydrogen-bond donors (Lipinski definition) is 3. The molecule has 1 atom stereocenters. The lowest BCUT2D eigenvalue weighted by molar-refractivity contribution is -0.119. The summed E-state index contributed by atoms with van der Waals surface area (Å²) in [4.78, 5) is 22.2. The van der Waals surface area contributed by atoms with Crippen LogP contribution in [-0.2, 0) is 4.79 Å². The van der Waals surface area contributed by atoms with Crippen LogP contribution in [0.2, 0.25) is 10.0 Å². The summed E-state index contributed by atoms with van der Waals surface area (Å²) in [5, 5.41) is 7.46. The number of nitrogens with one attached hydrogen (secondary N) is 2. The van der Waals surface area contributed by atoms with E-state index in [1.807, 2.05) is 6.92 Å². The van der Waals surface area contributed by atoms with Gasteiger partial charge >= 0.3 is 0 Å². The Morgan fingerprint density at radius 3 is 3.00 bits per heavy atom. The Hall–Kier alpha value is -1.73. The molecular formula is C17H26Cl2N6O. The van der Waals surface area contributed by atoms with Crippen molar-refractivity contribution in [1.29, 1.82) is 0 Å². The Labute approximate surface area is 164 Å². The van der Waals surface area contributed by atoms with Crippen LogP contribution in [0.25, 0.3) is 0 Å². The maximum Gasteiger partial charge on any atom is 0.217 e. The van der Waals surface area contributed by atoms with Gasteiger partial charge in [0.15, 0.2) is 5.96 Å². The van der Waals surface area contributed by atoms with Crippen molar-refractivity contribution in [2.45, 2.75) is 26.2 Å². The van der Waals surface area contributed by atoms with E-state index in [0.717, 1.165) is 38.4 Å². The van der Waals surface area contributed by atoms with E-state index >= 15 is 0 Å². The number of aromatic nitrogens is 1. The third-order valence-corrected chi connectivity index (χ3v) is 4.61. The molecular weight excluding hydrogens is 375 g/mol. The Morgan fingerprint density at radius 1 is 1.50 bits per heavy atom. The summed E-state index contributed by atoms with van der Waals surface area (Å²) in [7, 11) is 0. The molecule has 1 aromatic heterocycles. The minimum Gasteiger partial charge on any atom is -0.370 e. The van der Waals surface area contributed by atoms with E-state index in [4.69, 9.17) is 28.9 Å². The van der Waals surface area contributed by atoms with Crippen molar-refractivity contribution < 1.29 is 4.79 Å². The van der Waals surface area contributed by atoms with E-state index in [1.165, 1.54) is 0 Å². The summed E-state index contributed by atoms with van der Waals surface area (Å²) in [5.41, 5.74) is 5.34. The van der Waals surface area contributed by atoms with Crippen LogP contribution in [0, 0.1) is 5.92 Å². The number of rotatable bonds is 7. The number of guanidine groups is 1. The van der Waals surface area contributed by atoms with Crippen LogP contribution >= 0.6 is 23.2 Å². The minimum absolute atomic E-state index is 0.240. The zero-order valence-electron chi connectivity index (χ0n) is 15.0. The molecule has 26 heavy (non-hydrogen) atoms. The summed E-state index contributed by atoms with van der Waals surface area (Å²) < 4.78 is 0. The third kappa shape index (κ3) is 6.53. The fourth-order valence-corrected chi connectivity index (χ4v) is 3.46. The lowest BCUT2D eigenvalue weighted by Gasteiger charge is -2.34. The first-order valence-corrected chi connectivity index (χ1v) is 9.61. The highest BCUT2D eigenvalue weighted by molar-refractivity contribution is 6.35. The first-order chi connectivity index (χ1) is 12.5. The molecule has 1 aliphatic rings. The van der Waals surface area contributed by atoms with E-state index in [-0.39, 0.29) is 5.91 Å². The predicted octanol–water partition coefficient (Wildman–Crippen LogP) is 2.35. The van der Waals surface area contributed by atoms with Crippen molar-refractivity contribution in [1.82, 2.24) is 15.2 Å². The largest absolute Gasteiger partial charge is 0.370 e. The number of carbonyl (C=O) groups is 1. The standard InChI is InChI=1S/C17H26Cl2N6O/c1-2-21-17(25-7-3-4-12(11-25)8-15(20)26)23-6-5-22-16-14(19)9-13(18)10-24-16/h9-10,12H,2-8,11H2,1H3,(H2,20,26)(H,21,23)(H,22,24). The molecule has 1 aromatic rings. The van der Waals surface area contributed by atoms with E-state index in [2.05, 4.69) is 25.5 Å². The number of piperidine rings is 1. The molecule has 2 heterocycles. The number of nitrogens with two attached hydrogens (primary N) is 1. The van der Waals surface area contributed by atoms with Crippen molar-refractivity contribution in [3.05, 3.63) is 22.3 Å². The predicted molar refractivity (Wildman–Crippen MR) is 107 cm³/mol. The summed E-state index contributed by atoms with van der Waals surface area (Å²) >= 11 is 11.9. The number of hydrogen-bond acceptors (Lipinski definition) is 4. The zero-order chi connectivity index (χ0) is 18.9. The van der Waals surface area contributed by atoms with Gasteiger partial charge in [0.25, 0.3) is 0 Å². The van der Waals surface area contributed by atoms with E-state index in [9.17, 15) is 4.79 Å². The molecule has 7 nitrogen and oxygen atoms in total. The molecule has 1 fully saturated rings. The second-order valence-electron chi connectivity index (χ2n) is 6.27. The number of halogens is 2. The minimum atomic E-state index is -0.240.